The van der Waals surface area contributed by atoms with E-state index in [1.54, 1.807) is 13.2 Å². The molecule has 5 N–H and O–H groups in total. The van der Waals surface area contributed by atoms with Crippen molar-refractivity contribution in [1.82, 2.24) is 10.6 Å². The molecule has 2 aliphatic rings. The summed E-state index contributed by atoms with van der Waals surface area (Å²) in [5.74, 6) is 2.15. The van der Waals surface area contributed by atoms with Crippen LogP contribution in [0.1, 0.15) is 58.0 Å². The maximum atomic E-state index is 10.6. The van der Waals surface area contributed by atoms with Gasteiger partial charge in [0.25, 0.3) is 0 Å². The summed E-state index contributed by atoms with van der Waals surface area (Å²) in [6.07, 6.45) is 4.13. The predicted octanol–water partition coefficient (Wildman–Crippen LogP) is 6.03. The number of hydrogen-bond acceptors (Lipinski definition) is 7. The van der Waals surface area contributed by atoms with E-state index < -0.39 is 0 Å². The lowest BCUT2D eigenvalue weighted by Gasteiger charge is -2.28. The highest BCUT2D eigenvalue weighted by molar-refractivity contribution is 5.50. The molecule has 6 rings (SSSR count). The number of phenols is 3. The van der Waals surface area contributed by atoms with Crippen LogP contribution < -0.4 is 20.1 Å². The van der Waals surface area contributed by atoms with E-state index in [-0.39, 0.29) is 23.6 Å². The largest absolute Gasteiger partial charge is 0.508 e. The quantitative estimate of drug-likeness (QED) is 0.178. The standard InChI is InChI=1S/C35H38N2O5/c1-3-23-17-24-10-12-37-30(27(24)19-32(23)39)15-22-6-9-31(38)35(16-22)42-26-7-4-21(5-8-26)14-29-28-20-33(40)34(41-2)18-25(28)11-13-36-29/h4-9,16-20,29-30,36-40H,3,10-15H2,1-2H3/t29-,30-/m1/s1. The third-order valence-corrected chi connectivity index (χ3v) is 8.54. The van der Waals surface area contributed by atoms with E-state index in [2.05, 4.69) is 23.6 Å². The van der Waals surface area contributed by atoms with Crippen molar-refractivity contribution >= 4 is 0 Å². The first kappa shape index (κ1) is 27.9. The second kappa shape index (κ2) is 12.0. The van der Waals surface area contributed by atoms with Gasteiger partial charge >= 0.3 is 0 Å². The van der Waals surface area contributed by atoms with Crippen molar-refractivity contribution in [3.8, 4) is 34.5 Å². The van der Waals surface area contributed by atoms with Gasteiger partial charge in [-0.3, -0.25) is 0 Å². The van der Waals surface area contributed by atoms with Crippen LogP contribution in [0.15, 0.2) is 66.7 Å². The Bertz CT molecular complexity index is 1580. The van der Waals surface area contributed by atoms with E-state index in [1.807, 2.05) is 54.6 Å². The lowest BCUT2D eigenvalue weighted by molar-refractivity contribution is 0.370. The zero-order valence-corrected chi connectivity index (χ0v) is 24.1. The highest BCUT2D eigenvalue weighted by Gasteiger charge is 2.24. The first-order chi connectivity index (χ1) is 20.4. The summed E-state index contributed by atoms with van der Waals surface area (Å²) in [4.78, 5) is 0. The van der Waals surface area contributed by atoms with E-state index in [9.17, 15) is 15.3 Å². The number of benzene rings is 4. The maximum Gasteiger partial charge on any atom is 0.169 e. The average molecular weight is 567 g/mol. The van der Waals surface area contributed by atoms with Gasteiger partial charge < -0.3 is 35.4 Å². The number of methoxy groups -OCH3 is 1. The average Bonchev–Trinajstić information content (AvgIpc) is 3.00. The monoisotopic (exact) mass is 566 g/mol. The van der Waals surface area contributed by atoms with Crippen molar-refractivity contribution in [2.24, 2.45) is 0 Å². The van der Waals surface area contributed by atoms with Crippen LogP contribution >= 0.6 is 0 Å². The zero-order chi connectivity index (χ0) is 29.2. The van der Waals surface area contributed by atoms with Crippen LogP contribution in [0, 0.1) is 0 Å². The molecule has 7 heteroatoms. The molecule has 218 valence electrons. The van der Waals surface area contributed by atoms with Crippen molar-refractivity contribution in [2.45, 2.75) is 51.1 Å². The number of hydrogen-bond donors (Lipinski definition) is 5. The van der Waals surface area contributed by atoms with Crippen LogP contribution in [0.4, 0.5) is 0 Å². The van der Waals surface area contributed by atoms with E-state index >= 15 is 0 Å². The van der Waals surface area contributed by atoms with E-state index in [0.29, 0.717) is 29.4 Å². The summed E-state index contributed by atoms with van der Waals surface area (Å²) in [5, 5.41) is 38.5. The van der Waals surface area contributed by atoms with Gasteiger partial charge in [0.1, 0.15) is 11.5 Å². The molecule has 0 unspecified atom stereocenters. The molecule has 2 aliphatic heterocycles. The van der Waals surface area contributed by atoms with Gasteiger partial charge in [0, 0.05) is 12.1 Å². The summed E-state index contributed by atoms with van der Waals surface area (Å²) < 4.78 is 11.4. The normalized spacial score (nSPS) is 17.8. The molecule has 0 aromatic heterocycles. The van der Waals surface area contributed by atoms with E-state index in [1.165, 1.54) is 11.1 Å². The summed E-state index contributed by atoms with van der Waals surface area (Å²) >= 11 is 0. The molecule has 2 heterocycles. The highest BCUT2D eigenvalue weighted by Crippen LogP contribution is 2.37. The summed E-state index contributed by atoms with van der Waals surface area (Å²) in [5.41, 5.74) is 7.86. The lowest BCUT2D eigenvalue weighted by atomic mass is 9.88. The Balaban J connectivity index is 1.15. The molecule has 42 heavy (non-hydrogen) atoms. The van der Waals surface area contributed by atoms with Crippen molar-refractivity contribution in [2.75, 3.05) is 20.2 Å². The Morgan fingerprint density at radius 1 is 0.690 bits per heavy atom. The first-order valence-corrected chi connectivity index (χ1v) is 14.7. The molecular formula is C35H38N2O5. The van der Waals surface area contributed by atoms with Gasteiger partial charge in [0.05, 0.1) is 7.11 Å². The molecule has 0 saturated carbocycles. The molecular weight excluding hydrogens is 528 g/mol. The molecule has 0 radical (unpaired) electrons. The van der Waals surface area contributed by atoms with Crippen LogP contribution in [-0.4, -0.2) is 35.5 Å². The number of fused-ring (bicyclic) bond motifs is 2. The zero-order valence-electron chi connectivity index (χ0n) is 24.1. The van der Waals surface area contributed by atoms with Gasteiger partial charge in [0.15, 0.2) is 23.0 Å². The Kier molecular flexibility index (Phi) is 7.96. The Morgan fingerprint density at radius 3 is 1.98 bits per heavy atom. The SMILES string of the molecule is CCc1cc2c(cc1O)[C@@H](Cc1ccc(O)c(Oc3ccc(C[C@H]4NCCc5cc(OC)c(O)cc54)cc3)c1)NCC2. The number of aromatic hydroxyl groups is 3. The van der Waals surface area contributed by atoms with Gasteiger partial charge in [-0.1, -0.05) is 31.2 Å². The number of aryl methyl sites for hydroxylation is 1. The molecule has 0 amide bonds. The van der Waals surface area contributed by atoms with E-state index in [4.69, 9.17) is 9.47 Å². The van der Waals surface area contributed by atoms with Crippen LogP contribution in [-0.2, 0) is 32.1 Å². The Morgan fingerprint density at radius 2 is 1.31 bits per heavy atom. The summed E-state index contributed by atoms with van der Waals surface area (Å²) in [6, 6.07) is 21.4. The van der Waals surface area contributed by atoms with Gasteiger partial charge in [-0.25, -0.2) is 0 Å². The molecule has 0 spiro atoms. The van der Waals surface area contributed by atoms with Crippen molar-refractivity contribution in [3.05, 3.63) is 106 Å². The fourth-order valence-corrected chi connectivity index (χ4v) is 6.26. The van der Waals surface area contributed by atoms with E-state index in [0.717, 1.165) is 66.6 Å². The molecule has 4 aromatic rings. The highest BCUT2D eigenvalue weighted by atomic mass is 16.5. The number of nitrogens with one attached hydrogen (secondary N) is 2. The fourth-order valence-electron chi connectivity index (χ4n) is 6.26. The fraction of sp³-hybridized carbons (Fsp3) is 0.314. The number of phenolic OH excluding ortho intramolecular Hbond substituents is 3. The van der Waals surface area contributed by atoms with Gasteiger partial charge in [0.2, 0.25) is 0 Å². The van der Waals surface area contributed by atoms with Crippen LogP contribution in [0.25, 0.3) is 0 Å². The van der Waals surface area contributed by atoms with Crippen molar-refractivity contribution in [3.63, 3.8) is 0 Å². The van der Waals surface area contributed by atoms with Crippen molar-refractivity contribution in [1.29, 1.82) is 0 Å². The van der Waals surface area contributed by atoms with Crippen LogP contribution in [0.5, 0.6) is 34.5 Å². The minimum absolute atomic E-state index is 0.0729. The summed E-state index contributed by atoms with van der Waals surface area (Å²) in [6.45, 7) is 3.81. The Hall–Kier alpha value is -4.20. The minimum atomic E-state index is 0.0729. The van der Waals surface area contributed by atoms with Crippen LogP contribution in [0.2, 0.25) is 0 Å². The third kappa shape index (κ3) is 5.75. The maximum absolute atomic E-state index is 10.6. The van der Waals surface area contributed by atoms with Crippen LogP contribution in [0.3, 0.4) is 0 Å². The smallest absolute Gasteiger partial charge is 0.169 e. The molecule has 0 saturated heterocycles. The van der Waals surface area contributed by atoms with Gasteiger partial charge in [-0.05, 0) is 127 Å². The molecule has 0 fully saturated rings. The second-order valence-electron chi connectivity index (χ2n) is 11.2. The Labute approximate surface area is 246 Å². The molecule has 2 atom stereocenters. The van der Waals surface area contributed by atoms with Gasteiger partial charge in [-0.15, -0.1) is 0 Å². The minimum Gasteiger partial charge on any atom is -0.508 e. The van der Waals surface area contributed by atoms with Gasteiger partial charge in [-0.2, -0.15) is 0 Å². The second-order valence-corrected chi connectivity index (χ2v) is 11.2. The molecule has 4 aromatic carbocycles. The number of ether oxygens (including phenoxy) is 2. The summed E-state index contributed by atoms with van der Waals surface area (Å²) in [7, 11) is 1.57. The molecule has 7 nitrogen and oxygen atoms in total. The predicted molar refractivity (Wildman–Crippen MR) is 163 cm³/mol. The topological polar surface area (TPSA) is 103 Å². The lowest BCUT2D eigenvalue weighted by Crippen LogP contribution is -2.31. The number of rotatable bonds is 8. The molecule has 0 aliphatic carbocycles. The van der Waals surface area contributed by atoms with Crippen molar-refractivity contribution < 1.29 is 24.8 Å². The third-order valence-electron chi connectivity index (χ3n) is 8.54. The molecule has 0 bridgehead atoms. The first-order valence-electron chi connectivity index (χ1n) is 14.7.